The highest BCUT2D eigenvalue weighted by Gasteiger charge is 2.14. The molecule has 0 aliphatic rings. The maximum absolute atomic E-state index is 12.6. The molecule has 0 atom stereocenters. The number of benzene rings is 1. The van der Waals surface area contributed by atoms with Gasteiger partial charge in [0.15, 0.2) is 5.13 Å². The summed E-state index contributed by atoms with van der Waals surface area (Å²) in [5, 5.41) is 11.6. The van der Waals surface area contributed by atoms with Crippen LogP contribution in [0.25, 0.3) is 11.3 Å². The first-order chi connectivity index (χ1) is 14.9. The first-order valence-corrected chi connectivity index (χ1v) is 11.7. The second-order valence-corrected chi connectivity index (χ2v) is 9.36. The van der Waals surface area contributed by atoms with Crippen LogP contribution in [0.15, 0.2) is 47.3 Å². The number of amides is 1. The smallest absolute Gasteiger partial charge is 0.267 e. The molecule has 0 bridgehead atoms. The number of hydrogen-bond donors (Lipinski definition) is 1. The Kier molecular flexibility index (Phi) is 6.20. The number of anilines is 1. The minimum Gasteiger partial charge on any atom is -0.489 e. The Morgan fingerprint density at radius 2 is 1.97 bits per heavy atom. The van der Waals surface area contributed by atoms with Crippen LogP contribution in [0.1, 0.15) is 46.3 Å². The van der Waals surface area contributed by atoms with E-state index in [-0.39, 0.29) is 5.91 Å². The predicted octanol–water partition coefficient (Wildman–Crippen LogP) is 5.87. The fourth-order valence-corrected chi connectivity index (χ4v) is 4.55. The molecule has 160 valence electrons. The minimum atomic E-state index is -0.165. The van der Waals surface area contributed by atoms with E-state index in [0.717, 1.165) is 28.3 Å². The van der Waals surface area contributed by atoms with Crippen molar-refractivity contribution in [2.45, 2.75) is 33.3 Å². The molecule has 0 aliphatic heterocycles. The van der Waals surface area contributed by atoms with Gasteiger partial charge in [-0.2, -0.15) is 5.10 Å². The predicted molar refractivity (Wildman–Crippen MR) is 126 cm³/mol. The molecule has 0 saturated heterocycles. The molecule has 0 saturated carbocycles. The van der Waals surface area contributed by atoms with Crippen LogP contribution in [-0.2, 0) is 13.7 Å². The molecule has 4 rings (SSSR count). The molecule has 31 heavy (non-hydrogen) atoms. The number of hydrogen-bond acceptors (Lipinski definition) is 6. The summed E-state index contributed by atoms with van der Waals surface area (Å²) in [4.78, 5) is 17.8. The largest absolute Gasteiger partial charge is 0.489 e. The first-order valence-electron chi connectivity index (χ1n) is 9.96. The Morgan fingerprint density at radius 1 is 1.19 bits per heavy atom. The summed E-state index contributed by atoms with van der Waals surface area (Å²) < 4.78 is 7.67. The van der Waals surface area contributed by atoms with Gasteiger partial charge in [0.1, 0.15) is 12.4 Å². The third-order valence-corrected chi connectivity index (χ3v) is 6.80. The molecule has 0 unspecified atom stereocenters. The molecule has 4 aromatic rings. The Hall–Kier alpha value is -2.97. The third-order valence-electron chi connectivity index (χ3n) is 5.07. The first kappa shape index (κ1) is 21.3. The van der Waals surface area contributed by atoms with E-state index >= 15 is 0 Å². The number of nitrogens with zero attached hydrogens (tertiary/aromatic N) is 3. The summed E-state index contributed by atoms with van der Waals surface area (Å²) in [6.07, 6.45) is 1.79. The lowest BCUT2D eigenvalue weighted by Crippen LogP contribution is -2.09. The Morgan fingerprint density at radius 3 is 2.65 bits per heavy atom. The molecule has 1 amide bonds. The molecule has 0 spiro atoms. The molecule has 8 heteroatoms. The molecule has 0 fully saturated rings. The maximum Gasteiger partial charge on any atom is 0.267 e. The summed E-state index contributed by atoms with van der Waals surface area (Å²) in [5.41, 5.74) is 5.07. The number of rotatable bonds is 7. The summed E-state index contributed by atoms with van der Waals surface area (Å²) >= 11 is 2.80. The average molecular weight is 453 g/mol. The number of carbonyl (C=O) groups is 1. The van der Waals surface area contributed by atoms with Gasteiger partial charge in [0.25, 0.3) is 5.91 Å². The Bertz CT molecular complexity index is 1190. The van der Waals surface area contributed by atoms with Crippen LogP contribution in [0.5, 0.6) is 5.75 Å². The molecule has 3 aromatic heterocycles. The van der Waals surface area contributed by atoms with Gasteiger partial charge >= 0.3 is 0 Å². The number of ether oxygens (including phenoxy) is 1. The van der Waals surface area contributed by atoms with Crippen LogP contribution in [0.2, 0.25) is 0 Å². The normalized spacial score (nSPS) is 11.1. The van der Waals surface area contributed by atoms with Crippen LogP contribution in [0.3, 0.4) is 0 Å². The van der Waals surface area contributed by atoms with Crippen molar-refractivity contribution in [3.8, 4) is 17.0 Å². The van der Waals surface area contributed by atoms with Gasteiger partial charge in [-0.3, -0.25) is 14.8 Å². The summed E-state index contributed by atoms with van der Waals surface area (Å²) in [5.74, 6) is 1.15. The highest BCUT2D eigenvalue weighted by Crippen LogP contribution is 2.28. The van der Waals surface area contributed by atoms with Crippen molar-refractivity contribution >= 4 is 33.7 Å². The van der Waals surface area contributed by atoms with Crippen molar-refractivity contribution in [3.63, 3.8) is 0 Å². The van der Waals surface area contributed by atoms with E-state index in [9.17, 15) is 4.79 Å². The lowest BCUT2D eigenvalue weighted by atomic mass is 10.0. The minimum absolute atomic E-state index is 0.165. The van der Waals surface area contributed by atoms with Crippen LogP contribution in [0.4, 0.5) is 5.13 Å². The van der Waals surface area contributed by atoms with E-state index in [1.54, 1.807) is 10.9 Å². The van der Waals surface area contributed by atoms with Crippen molar-refractivity contribution in [2.75, 3.05) is 5.32 Å². The van der Waals surface area contributed by atoms with Gasteiger partial charge in [-0.25, -0.2) is 4.98 Å². The number of aryl methyl sites for hydroxylation is 1. The van der Waals surface area contributed by atoms with E-state index in [1.165, 1.54) is 28.2 Å². The van der Waals surface area contributed by atoms with Gasteiger partial charge in [0.05, 0.1) is 16.8 Å². The number of thiophene rings is 1. The quantitative estimate of drug-likeness (QED) is 0.381. The number of nitrogens with one attached hydrogen (secondary N) is 1. The van der Waals surface area contributed by atoms with E-state index in [4.69, 9.17) is 4.74 Å². The van der Waals surface area contributed by atoms with Gasteiger partial charge in [0, 0.05) is 29.2 Å². The summed E-state index contributed by atoms with van der Waals surface area (Å²) in [6, 6.07) is 10.0. The summed E-state index contributed by atoms with van der Waals surface area (Å²) in [7, 11) is 1.90. The second-order valence-electron chi connectivity index (χ2n) is 7.59. The van der Waals surface area contributed by atoms with Crippen LogP contribution >= 0.6 is 22.7 Å². The SMILES string of the molecule is Cc1c(-c2csc(NC(=O)c3cc(COc4ccc(C(C)C)cc4)cs3)n2)cnn1C. The van der Waals surface area contributed by atoms with Crippen molar-refractivity contribution in [1.29, 1.82) is 0 Å². The fourth-order valence-electron chi connectivity index (χ4n) is 3.05. The molecular formula is C23H24N4O2S2. The molecule has 1 aromatic carbocycles. The average Bonchev–Trinajstić information content (AvgIpc) is 3.48. The van der Waals surface area contributed by atoms with Gasteiger partial charge in [-0.15, -0.1) is 22.7 Å². The fraction of sp³-hybridized carbons (Fsp3) is 0.261. The van der Waals surface area contributed by atoms with Crippen molar-refractivity contribution in [1.82, 2.24) is 14.8 Å². The van der Waals surface area contributed by atoms with Crippen LogP contribution in [-0.4, -0.2) is 20.7 Å². The van der Waals surface area contributed by atoms with E-state index in [0.29, 0.717) is 22.5 Å². The number of thiazole rings is 1. The second kappa shape index (κ2) is 9.03. The zero-order chi connectivity index (χ0) is 22.0. The molecule has 0 radical (unpaired) electrons. The van der Waals surface area contributed by atoms with E-state index in [2.05, 4.69) is 41.4 Å². The Labute approximate surface area is 189 Å². The molecular weight excluding hydrogens is 428 g/mol. The van der Waals surface area contributed by atoms with E-state index in [1.807, 2.05) is 42.9 Å². The van der Waals surface area contributed by atoms with Crippen molar-refractivity contribution in [2.24, 2.45) is 7.05 Å². The summed E-state index contributed by atoms with van der Waals surface area (Å²) in [6.45, 7) is 6.75. The van der Waals surface area contributed by atoms with Gasteiger partial charge in [-0.1, -0.05) is 26.0 Å². The molecule has 0 aliphatic carbocycles. The molecule has 1 N–H and O–H groups in total. The van der Waals surface area contributed by atoms with Gasteiger partial charge < -0.3 is 4.74 Å². The third kappa shape index (κ3) is 4.86. The number of carbonyl (C=O) groups excluding carboxylic acids is 1. The molecule has 6 nitrogen and oxygen atoms in total. The lowest BCUT2D eigenvalue weighted by Gasteiger charge is -2.08. The van der Waals surface area contributed by atoms with E-state index < -0.39 is 0 Å². The topological polar surface area (TPSA) is 69.0 Å². The Balaban J connectivity index is 1.35. The van der Waals surface area contributed by atoms with Crippen LogP contribution in [0, 0.1) is 6.92 Å². The highest BCUT2D eigenvalue weighted by atomic mass is 32.1. The lowest BCUT2D eigenvalue weighted by molar-refractivity contribution is 0.103. The molecule has 3 heterocycles. The van der Waals surface area contributed by atoms with Crippen molar-refractivity contribution in [3.05, 3.63) is 69.0 Å². The van der Waals surface area contributed by atoms with Gasteiger partial charge in [-0.05, 0) is 42.0 Å². The monoisotopic (exact) mass is 452 g/mol. The zero-order valence-electron chi connectivity index (χ0n) is 17.9. The van der Waals surface area contributed by atoms with Crippen LogP contribution < -0.4 is 10.1 Å². The zero-order valence-corrected chi connectivity index (χ0v) is 19.5. The van der Waals surface area contributed by atoms with Gasteiger partial charge in [0.2, 0.25) is 0 Å². The highest BCUT2D eigenvalue weighted by molar-refractivity contribution is 7.14. The standard InChI is InChI=1S/C23H24N4O2S2/c1-14(2)17-5-7-18(8-6-17)29-11-16-9-21(30-12-16)22(28)26-23-25-20(13-31-23)19-10-24-27(4)15(19)3/h5-10,12-14H,11H2,1-4H3,(H,25,26,28). The van der Waals surface area contributed by atoms with Crippen molar-refractivity contribution < 1.29 is 9.53 Å². The number of aromatic nitrogens is 3. The maximum atomic E-state index is 12.6.